The molecular formula is C11H19NO4. The van der Waals surface area contributed by atoms with Crippen LogP contribution >= 0.6 is 0 Å². The van der Waals surface area contributed by atoms with Gasteiger partial charge in [0.1, 0.15) is 6.54 Å². The van der Waals surface area contributed by atoms with E-state index in [1.165, 1.54) is 4.90 Å². The Labute approximate surface area is 95.4 Å². The van der Waals surface area contributed by atoms with Crippen molar-refractivity contribution in [2.24, 2.45) is 11.8 Å². The van der Waals surface area contributed by atoms with Crippen molar-refractivity contribution in [3.05, 3.63) is 0 Å². The third kappa shape index (κ3) is 3.81. The Kier molecular flexibility index (Phi) is 4.73. The number of carbonyl (C=O) groups is 2. The maximum absolute atomic E-state index is 12.0. The first-order valence-corrected chi connectivity index (χ1v) is 5.59. The minimum Gasteiger partial charge on any atom is -0.480 e. The van der Waals surface area contributed by atoms with Crippen molar-refractivity contribution < 1.29 is 19.4 Å². The van der Waals surface area contributed by atoms with E-state index in [1.807, 2.05) is 13.8 Å². The molecule has 1 amide bonds. The Morgan fingerprint density at radius 3 is 2.62 bits per heavy atom. The van der Waals surface area contributed by atoms with Crippen molar-refractivity contribution in [1.29, 1.82) is 0 Å². The minimum absolute atomic E-state index is 0.0893. The van der Waals surface area contributed by atoms with Crippen LogP contribution in [0.1, 0.15) is 20.3 Å². The number of hydrogen-bond acceptors (Lipinski definition) is 3. The molecule has 0 aromatic rings. The summed E-state index contributed by atoms with van der Waals surface area (Å²) < 4.78 is 5.14. The lowest BCUT2D eigenvalue weighted by molar-refractivity contribution is -0.146. The SMILES string of the molecule is CC(C)CN(CC(=O)O)C(=O)C1CCOC1. The Hall–Kier alpha value is -1.10. The number of aliphatic carboxylic acids is 1. The lowest BCUT2D eigenvalue weighted by Gasteiger charge is -2.25. The van der Waals surface area contributed by atoms with Crippen LogP contribution in [0.4, 0.5) is 0 Å². The van der Waals surface area contributed by atoms with Crippen molar-refractivity contribution in [3.8, 4) is 0 Å². The summed E-state index contributed by atoms with van der Waals surface area (Å²) in [6.07, 6.45) is 0.701. The molecule has 92 valence electrons. The van der Waals surface area contributed by atoms with Crippen LogP contribution in [0.2, 0.25) is 0 Å². The molecule has 1 N–H and O–H groups in total. The molecule has 0 aliphatic carbocycles. The average molecular weight is 229 g/mol. The molecule has 0 saturated carbocycles. The summed E-state index contributed by atoms with van der Waals surface area (Å²) in [5.41, 5.74) is 0. The molecule has 0 radical (unpaired) electrons. The van der Waals surface area contributed by atoms with Crippen LogP contribution in [0.3, 0.4) is 0 Å². The molecule has 1 atom stereocenters. The van der Waals surface area contributed by atoms with E-state index >= 15 is 0 Å². The second-order valence-corrected chi connectivity index (χ2v) is 4.57. The molecule has 5 heteroatoms. The van der Waals surface area contributed by atoms with E-state index in [0.29, 0.717) is 26.2 Å². The van der Waals surface area contributed by atoms with Gasteiger partial charge in [0, 0.05) is 13.2 Å². The van der Waals surface area contributed by atoms with E-state index in [0.717, 1.165) is 0 Å². The highest BCUT2D eigenvalue weighted by molar-refractivity contribution is 5.83. The normalized spacial score (nSPS) is 20.1. The number of carboxylic acids is 1. The second kappa shape index (κ2) is 5.84. The number of amides is 1. The molecule has 1 aliphatic heterocycles. The van der Waals surface area contributed by atoms with Gasteiger partial charge in [0.05, 0.1) is 12.5 Å². The van der Waals surface area contributed by atoms with Crippen LogP contribution in [0.5, 0.6) is 0 Å². The summed E-state index contributed by atoms with van der Waals surface area (Å²) in [6.45, 7) is 5.22. The first kappa shape index (κ1) is 13.0. The van der Waals surface area contributed by atoms with E-state index in [4.69, 9.17) is 9.84 Å². The minimum atomic E-state index is -0.965. The second-order valence-electron chi connectivity index (χ2n) is 4.57. The van der Waals surface area contributed by atoms with Crippen molar-refractivity contribution in [3.63, 3.8) is 0 Å². The van der Waals surface area contributed by atoms with Gasteiger partial charge in [-0.05, 0) is 12.3 Å². The lowest BCUT2D eigenvalue weighted by atomic mass is 10.1. The molecule has 1 saturated heterocycles. The van der Waals surface area contributed by atoms with Crippen molar-refractivity contribution in [2.75, 3.05) is 26.3 Å². The molecule has 1 aliphatic rings. The quantitative estimate of drug-likeness (QED) is 0.749. The fraction of sp³-hybridized carbons (Fsp3) is 0.818. The molecule has 16 heavy (non-hydrogen) atoms. The Bertz CT molecular complexity index is 259. The Morgan fingerprint density at radius 1 is 1.50 bits per heavy atom. The zero-order valence-corrected chi connectivity index (χ0v) is 9.81. The number of carbonyl (C=O) groups excluding carboxylic acids is 1. The van der Waals surface area contributed by atoms with Crippen molar-refractivity contribution in [2.45, 2.75) is 20.3 Å². The van der Waals surface area contributed by atoms with E-state index in [-0.39, 0.29) is 24.3 Å². The Morgan fingerprint density at radius 2 is 2.19 bits per heavy atom. The van der Waals surface area contributed by atoms with E-state index in [1.54, 1.807) is 0 Å². The summed E-state index contributed by atoms with van der Waals surface area (Å²) in [7, 11) is 0. The van der Waals surface area contributed by atoms with Crippen LogP contribution < -0.4 is 0 Å². The number of rotatable bonds is 5. The maximum atomic E-state index is 12.0. The fourth-order valence-electron chi connectivity index (χ4n) is 1.82. The van der Waals surface area contributed by atoms with Crippen LogP contribution in [-0.4, -0.2) is 48.2 Å². The van der Waals surface area contributed by atoms with E-state index in [2.05, 4.69) is 0 Å². The molecule has 1 fully saturated rings. The number of hydrogen-bond donors (Lipinski definition) is 1. The Balaban J connectivity index is 2.58. The van der Waals surface area contributed by atoms with Crippen LogP contribution in [0, 0.1) is 11.8 Å². The van der Waals surface area contributed by atoms with Gasteiger partial charge in [0.25, 0.3) is 0 Å². The van der Waals surface area contributed by atoms with E-state index in [9.17, 15) is 9.59 Å². The summed E-state index contributed by atoms with van der Waals surface area (Å²) in [5, 5.41) is 8.76. The number of nitrogens with zero attached hydrogens (tertiary/aromatic N) is 1. The average Bonchev–Trinajstić information content (AvgIpc) is 2.66. The van der Waals surface area contributed by atoms with Gasteiger partial charge in [0.15, 0.2) is 0 Å². The number of carboxylic acid groups (broad SMARTS) is 1. The van der Waals surface area contributed by atoms with Gasteiger partial charge in [-0.1, -0.05) is 13.8 Å². The summed E-state index contributed by atoms with van der Waals surface area (Å²) in [5.74, 6) is -0.940. The summed E-state index contributed by atoms with van der Waals surface area (Å²) in [6, 6.07) is 0. The zero-order chi connectivity index (χ0) is 12.1. The summed E-state index contributed by atoms with van der Waals surface area (Å²) >= 11 is 0. The van der Waals surface area contributed by atoms with Gasteiger partial charge >= 0.3 is 5.97 Å². The molecule has 0 aromatic heterocycles. The highest BCUT2D eigenvalue weighted by Crippen LogP contribution is 2.16. The predicted octanol–water partition coefficient (Wildman–Crippen LogP) is 0.592. The highest BCUT2D eigenvalue weighted by Gasteiger charge is 2.29. The van der Waals surface area contributed by atoms with Crippen LogP contribution in [-0.2, 0) is 14.3 Å². The van der Waals surface area contributed by atoms with Crippen LogP contribution in [0.15, 0.2) is 0 Å². The highest BCUT2D eigenvalue weighted by atomic mass is 16.5. The molecule has 0 spiro atoms. The van der Waals surface area contributed by atoms with Gasteiger partial charge in [0.2, 0.25) is 5.91 Å². The van der Waals surface area contributed by atoms with Crippen molar-refractivity contribution in [1.82, 2.24) is 4.90 Å². The third-order valence-electron chi connectivity index (χ3n) is 2.50. The lowest BCUT2D eigenvalue weighted by Crippen LogP contribution is -2.41. The molecular weight excluding hydrogens is 210 g/mol. The first-order valence-electron chi connectivity index (χ1n) is 5.59. The topological polar surface area (TPSA) is 66.8 Å². The summed E-state index contributed by atoms with van der Waals surface area (Å²) in [4.78, 5) is 24.1. The smallest absolute Gasteiger partial charge is 0.323 e. The first-order chi connectivity index (χ1) is 7.50. The van der Waals surface area contributed by atoms with Gasteiger partial charge in [-0.2, -0.15) is 0 Å². The van der Waals surface area contributed by atoms with Crippen LogP contribution in [0.25, 0.3) is 0 Å². The maximum Gasteiger partial charge on any atom is 0.323 e. The molecule has 0 aromatic carbocycles. The molecule has 1 heterocycles. The molecule has 0 bridgehead atoms. The van der Waals surface area contributed by atoms with Gasteiger partial charge < -0.3 is 14.7 Å². The van der Waals surface area contributed by atoms with E-state index < -0.39 is 5.97 Å². The molecule has 1 rings (SSSR count). The molecule has 1 unspecified atom stereocenters. The standard InChI is InChI=1S/C11H19NO4/c1-8(2)5-12(6-10(13)14)11(15)9-3-4-16-7-9/h8-9H,3-7H2,1-2H3,(H,13,14). The van der Waals surface area contributed by atoms with Gasteiger partial charge in [-0.25, -0.2) is 0 Å². The van der Waals surface area contributed by atoms with Gasteiger partial charge in [-0.3, -0.25) is 9.59 Å². The largest absolute Gasteiger partial charge is 0.480 e. The monoisotopic (exact) mass is 229 g/mol. The fourth-order valence-corrected chi connectivity index (χ4v) is 1.82. The zero-order valence-electron chi connectivity index (χ0n) is 9.81. The number of ether oxygens (including phenoxy) is 1. The molecule has 5 nitrogen and oxygen atoms in total. The third-order valence-corrected chi connectivity index (χ3v) is 2.50. The van der Waals surface area contributed by atoms with Gasteiger partial charge in [-0.15, -0.1) is 0 Å². The van der Waals surface area contributed by atoms with Crippen molar-refractivity contribution >= 4 is 11.9 Å². The predicted molar refractivity (Wildman–Crippen MR) is 58.0 cm³/mol.